The van der Waals surface area contributed by atoms with Crippen LogP contribution in [-0.2, 0) is 14.8 Å². The SMILES string of the molecule is CCN(CC)S(=O)(=O)c1ccc(OC)c(NC(=O)/C=C/c2ccccc2)c1. The van der Waals surface area contributed by atoms with Crippen LogP contribution in [0.15, 0.2) is 59.5 Å². The number of amides is 1. The second-order valence-corrected chi connectivity index (χ2v) is 7.62. The minimum Gasteiger partial charge on any atom is -0.495 e. The first-order valence-corrected chi connectivity index (χ1v) is 10.1. The number of carbonyl (C=O) groups excluding carboxylic acids is 1. The van der Waals surface area contributed by atoms with E-state index in [1.807, 2.05) is 30.3 Å². The topological polar surface area (TPSA) is 75.7 Å². The lowest BCUT2D eigenvalue weighted by Gasteiger charge is -2.19. The zero-order valence-corrected chi connectivity index (χ0v) is 16.5. The molecule has 0 unspecified atom stereocenters. The number of anilines is 1. The highest BCUT2D eigenvalue weighted by molar-refractivity contribution is 7.89. The number of nitrogens with zero attached hydrogens (tertiary/aromatic N) is 1. The van der Waals surface area contributed by atoms with Gasteiger partial charge in [0.25, 0.3) is 0 Å². The molecule has 2 aromatic rings. The molecule has 6 nitrogen and oxygen atoms in total. The van der Waals surface area contributed by atoms with Crippen molar-refractivity contribution in [1.82, 2.24) is 4.31 Å². The normalized spacial score (nSPS) is 11.7. The number of methoxy groups -OCH3 is 1. The molecule has 1 N–H and O–H groups in total. The van der Waals surface area contributed by atoms with Crippen molar-refractivity contribution in [3.63, 3.8) is 0 Å². The molecule has 1 amide bonds. The zero-order valence-electron chi connectivity index (χ0n) is 15.7. The van der Waals surface area contributed by atoms with Crippen LogP contribution in [0.3, 0.4) is 0 Å². The van der Waals surface area contributed by atoms with E-state index in [9.17, 15) is 13.2 Å². The van der Waals surface area contributed by atoms with E-state index in [0.717, 1.165) is 5.56 Å². The van der Waals surface area contributed by atoms with Crippen molar-refractivity contribution in [2.45, 2.75) is 18.7 Å². The van der Waals surface area contributed by atoms with Gasteiger partial charge in [0.1, 0.15) is 5.75 Å². The molecule has 2 rings (SSSR count). The zero-order chi connectivity index (χ0) is 19.9. The van der Waals surface area contributed by atoms with Gasteiger partial charge in [0.15, 0.2) is 0 Å². The maximum Gasteiger partial charge on any atom is 0.248 e. The molecule has 144 valence electrons. The highest BCUT2D eigenvalue weighted by Crippen LogP contribution is 2.29. The average molecular weight is 388 g/mol. The molecule has 0 spiro atoms. The summed E-state index contributed by atoms with van der Waals surface area (Å²) in [6.45, 7) is 4.29. The fourth-order valence-corrected chi connectivity index (χ4v) is 4.05. The Morgan fingerprint density at radius 3 is 2.37 bits per heavy atom. The van der Waals surface area contributed by atoms with Gasteiger partial charge in [-0.3, -0.25) is 4.79 Å². The average Bonchev–Trinajstić information content (AvgIpc) is 2.68. The predicted molar refractivity (Wildman–Crippen MR) is 107 cm³/mol. The molecule has 0 saturated heterocycles. The highest BCUT2D eigenvalue weighted by atomic mass is 32.2. The monoisotopic (exact) mass is 388 g/mol. The number of sulfonamides is 1. The lowest BCUT2D eigenvalue weighted by molar-refractivity contribution is -0.111. The number of rotatable bonds is 8. The minimum atomic E-state index is -3.63. The highest BCUT2D eigenvalue weighted by Gasteiger charge is 2.23. The van der Waals surface area contributed by atoms with Crippen LogP contribution in [0.5, 0.6) is 5.75 Å². The van der Waals surface area contributed by atoms with Crippen LogP contribution in [0.1, 0.15) is 19.4 Å². The van der Waals surface area contributed by atoms with Crippen LogP contribution in [-0.4, -0.2) is 38.8 Å². The number of hydrogen-bond donors (Lipinski definition) is 1. The maximum atomic E-state index is 12.7. The fourth-order valence-electron chi connectivity index (χ4n) is 2.57. The van der Waals surface area contributed by atoms with Gasteiger partial charge in [-0.1, -0.05) is 44.2 Å². The van der Waals surface area contributed by atoms with E-state index in [1.165, 1.54) is 35.7 Å². The Hall–Kier alpha value is -2.64. The Morgan fingerprint density at radius 1 is 1.11 bits per heavy atom. The summed E-state index contributed by atoms with van der Waals surface area (Å²) in [6, 6.07) is 13.8. The van der Waals surface area contributed by atoms with Crippen LogP contribution < -0.4 is 10.1 Å². The number of ether oxygens (including phenoxy) is 1. The van der Waals surface area contributed by atoms with Crippen molar-refractivity contribution >= 4 is 27.7 Å². The van der Waals surface area contributed by atoms with Crippen molar-refractivity contribution in [2.75, 3.05) is 25.5 Å². The Labute approximate surface area is 160 Å². The first kappa shape index (κ1) is 20.7. The molecule has 0 heterocycles. The van der Waals surface area contributed by atoms with Gasteiger partial charge in [0.05, 0.1) is 17.7 Å². The quantitative estimate of drug-likeness (QED) is 0.704. The summed E-state index contributed by atoms with van der Waals surface area (Å²) in [4.78, 5) is 12.4. The molecule has 0 fully saturated rings. The Bertz CT molecular complexity index is 905. The predicted octanol–water partition coefficient (Wildman–Crippen LogP) is 3.38. The van der Waals surface area contributed by atoms with E-state index in [4.69, 9.17) is 4.74 Å². The first-order chi connectivity index (χ1) is 12.9. The van der Waals surface area contributed by atoms with Crippen LogP contribution in [0.2, 0.25) is 0 Å². The minimum absolute atomic E-state index is 0.106. The van der Waals surface area contributed by atoms with Crippen LogP contribution in [0.25, 0.3) is 6.08 Å². The molecule has 0 aliphatic heterocycles. The smallest absolute Gasteiger partial charge is 0.248 e. The summed E-state index contributed by atoms with van der Waals surface area (Å²) in [6.07, 6.45) is 3.07. The van der Waals surface area contributed by atoms with E-state index in [1.54, 1.807) is 19.9 Å². The third-order valence-corrected chi connectivity index (χ3v) is 6.04. The Kier molecular flexibility index (Phi) is 7.15. The molecular formula is C20H24N2O4S. The Morgan fingerprint density at radius 2 is 1.78 bits per heavy atom. The lowest BCUT2D eigenvalue weighted by atomic mass is 10.2. The summed E-state index contributed by atoms with van der Waals surface area (Å²) in [5.41, 5.74) is 1.19. The summed E-state index contributed by atoms with van der Waals surface area (Å²) in [5, 5.41) is 2.69. The molecule has 7 heteroatoms. The molecule has 0 bridgehead atoms. The molecule has 0 aliphatic carbocycles. The van der Waals surface area contributed by atoms with Crippen molar-refractivity contribution in [3.8, 4) is 5.75 Å². The summed E-state index contributed by atoms with van der Waals surface area (Å²) in [5.74, 6) is 0.00417. The molecule has 27 heavy (non-hydrogen) atoms. The number of nitrogens with one attached hydrogen (secondary N) is 1. The second kappa shape index (κ2) is 9.34. The van der Waals surface area contributed by atoms with Gasteiger partial charge in [0.2, 0.25) is 15.9 Å². The third-order valence-electron chi connectivity index (χ3n) is 4.00. The van der Waals surface area contributed by atoms with Crippen LogP contribution in [0.4, 0.5) is 5.69 Å². The van der Waals surface area contributed by atoms with Gasteiger partial charge in [-0.05, 0) is 29.8 Å². The van der Waals surface area contributed by atoms with Crippen molar-refractivity contribution in [3.05, 3.63) is 60.2 Å². The van der Waals surface area contributed by atoms with E-state index >= 15 is 0 Å². The summed E-state index contributed by atoms with van der Waals surface area (Å²) >= 11 is 0. The second-order valence-electron chi connectivity index (χ2n) is 5.68. The van der Waals surface area contributed by atoms with Crippen molar-refractivity contribution in [1.29, 1.82) is 0 Å². The molecular weight excluding hydrogens is 364 g/mol. The van der Waals surface area contributed by atoms with Gasteiger partial charge in [-0.15, -0.1) is 0 Å². The van der Waals surface area contributed by atoms with Crippen LogP contribution >= 0.6 is 0 Å². The molecule has 0 saturated carbocycles. The van der Waals surface area contributed by atoms with E-state index in [2.05, 4.69) is 5.32 Å². The maximum absolute atomic E-state index is 12.7. The van der Waals surface area contributed by atoms with Gasteiger partial charge in [0, 0.05) is 19.2 Å². The largest absolute Gasteiger partial charge is 0.495 e. The molecule has 0 aliphatic rings. The molecule has 0 radical (unpaired) electrons. The first-order valence-electron chi connectivity index (χ1n) is 8.64. The summed E-state index contributed by atoms with van der Waals surface area (Å²) in [7, 11) is -2.17. The fraction of sp³-hybridized carbons (Fsp3) is 0.250. The standard InChI is InChI=1S/C20H24N2O4S/c1-4-22(5-2)27(24,25)17-12-13-19(26-3)18(15-17)21-20(23)14-11-16-9-7-6-8-10-16/h6-15H,4-5H2,1-3H3,(H,21,23)/b14-11+. The van der Waals surface area contributed by atoms with Crippen molar-refractivity contribution < 1.29 is 17.9 Å². The molecule has 0 atom stereocenters. The number of carbonyl (C=O) groups is 1. The third kappa shape index (κ3) is 5.18. The van der Waals surface area contributed by atoms with Gasteiger partial charge < -0.3 is 10.1 Å². The summed E-state index contributed by atoms with van der Waals surface area (Å²) < 4.78 is 32.0. The van der Waals surface area contributed by atoms with Gasteiger partial charge in [-0.25, -0.2) is 8.42 Å². The van der Waals surface area contributed by atoms with Crippen molar-refractivity contribution in [2.24, 2.45) is 0 Å². The van der Waals surface area contributed by atoms with E-state index < -0.39 is 10.0 Å². The lowest BCUT2D eigenvalue weighted by Crippen LogP contribution is -2.30. The van der Waals surface area contributed by atoms with Crippen LogP contribution in [0, 0.1) is 0 Å². The van der Waals surface area contributed by atoms with E-state index in [-0.39, 0.29) is 10.8 Å². The molecule has 0 aromatic heterocycles. The van der Waals surface area contributed by atoms with E-state index in [0.29, 0.717) is 24.5 Å². The number of benzene rings is 2. The van der Waals surface area contributed by atoms with Gasteiger partial charge in [-0.2, -0.15) is 4.31 Å². The number of hydrogen-bond acceptors (Lipinski definition) is 4. The Balaban J connectivity index is 2.27. The van der Waals surface area contributed by atoms with Gasteiger partial charge >= 0.3 is 0 Å². The molecule has 2 aromatic carbocycles.